The molecular formula is C18H20N2O5S. The van der Waals surface area contributed by atoms with Gasteiger partial charge in [-0.3, -0.25) is 4.79 Å². The summed E-state index contributed by atoms with van der Waals surface area (Å²) in [7, 11) is -3.76. The first kappa shape index (κ1) is 18.2. The van der Waals surface area contributed by atoms with Crippen molar-refractivity contribution in [3.63, 3.8) is 0 Å². The minimum Gasteiger partial charge on any atom is -0.486 e. The van der Waals surface area contributed by atoms with Gasteiger partial charge in [0.2, 0.25) is 15.9 Å². The Morgan fingerprint density at radius 2 is 1.77 bits per heavy atom. The molecule has 2 aromatic rings. The van der Waals surface area contributed by atoms with Crippen LogP contribution in [0.4, 0.5) is 5.69 Å². The maximum absolute atomic E-state index is 12.4. The van der Waals surface area contributed by atoms with Crippen LogP contribution >= 0.6 is 0 Å². The Morgan fingerprint density at radius 1 is 1.04 bits per heavy atom. The average molecular weight is 376 g/mol. The van der Waals surface area contributed by atoms with E-state index in [1.807, 2.05) is 6.92 Å². The van der Waals surface area contributed by atoms with Gasteiger partial charge in [0.05, 0.1) is 11.4 Å². The van der Waals surface area contributed by atoms with Gasteiger partial charge in [0.25, 0.3) is 0 Å². The molecule has 1 aliphatic rings. The highest BCUT2D eigenvalue weighted by atomic mass is 32.2. The molecule has 7 nitrogen and oxygen atoms in total. The van der Waals surface area contributed by atoms with E-state index >= 15 is 0 Å². The van der Waals surface area contributed by atoms with Crippen LogP contribution in [0.3, 0.4) is 0 Å². The van der Waals surface area contributed by atoms with Crippen molar-refractivity contribution in [3.05, 3.63) is 47.5 Å². The number of anilines is 1. The quantitative estimate of drug-likeness (QED) is 0.832. The third kappa shape index (κ3) is 4.14. The fourth-order valence-corrected chi connectivity index (χ4v) is 3.87. The smallest absolute Gasteiger partial charge is 0.241 e. The first-order valence-electron chi connectivity index (χ1n) is 8.11. The molecule has 0 spiro atoms. The van der Waals surface area contributed by atoms with Crippen molar-refractivity contribution in [2.75, 3.05) is 25.1 Å². The Hall–Kier alpha value is -2.58. The number of amides is 1. The molecule has 0 atom stereocenters. The van der Waals surface area contributed by atoms with Crippen LogP contribution in [0.15, 0.2) is 41.3 Å². The highest BCUT2D eigenvalue weighted by Crippen LogP contribution is 2.32. The lowest BCUT2D eigenvalue weighted by molar-refractivity contribution is -0.115. The average Bonchev–Trinajstić information content (AvgIpc) is 2.60. The van der Waals surface area contributed by atoms with Gasteiger partial charge in [-0.25, -0.2) is 13.1 Å². The van der Waals surface area contributed by atoms with Gasteiger partial charge >= 0.3 is 0 Å². The second kappa shape index (κ2) is 7.35. The molecule has 0 unspecified atom stereocenters. The van der Waals surface area contributed by atoms with Crippen molar-refractivity contribution >= 4 is 21.6 Å². The van der Waals surface area contributed by atoms with Crippen LogP contribution in [-0.2, 0) is 14.8 Å². The Labute approximate surface area is 152 Å². The molecule has 26 heavy (non-hydrogen) atoms. The molecule has 2 N–H and O–H groups in total. The monoisotopic (exact) mass is 376 g/mol. The zero-order chi connectivity index (χ0) is 18.7. The highest BCUT2D eigenvalue weighted by molar-refractivity contribution is 7.89. The van der Waals surface area contributed by atoms with Crippen molar-refractivity contribution in [1.29, 1.82) is 0 Å². The van der Waals surface area contributed by atoms with E-state index in [0.29, 0.717) is 36.0 Å². The van der Waals surface area contributed by atoms with Gasteiger partial charge in [-0.05, 0) is 37.6 Å². The van der Waals surface area contributed by atoms with E-state index in [-0.39, 0.29) is 11.4 Å². The Morgan fingerprint density at radius 3 is 2.50 bits per heavy atom. The number of carbonyl (C=O) groups excluding carboxylic acids is 1. The number of carbonyl (C=O) groups is 1. The topological polar surface area (TPSA) is 93.7 Å². The second-order valence-corrected chi connectivity index (χ2v) is 7.74. The molecular weight excluding hydrogens is 356 g/mol. The Bertz CT molecular complexity index is 941. The molecule has 0 saturated carbocycles. The summed E-state index contributed by atoms with van der Waals surface area (Å²) in [5.74, 6) is 0.685. The zero-order valence-corrected chi connectivity index (χ0v) is 15.4. The minimum absolute atomic E-state index is 0.162. The fraction of sp³-hybridized carbons (Fsp3) is 0.278. The largest absolute Gasteiger partial charge is 0.486 e. The number of sulfonamides is 1. The lowest BCUT2D eigenvalue weighted by Crippen LogP contribution is -2.33. The molecule has 2 aromatic carbocycles. The van der Waals surface area contributed by atoms with Crippen LogP contribution < -0.4 is 19.5 Å². The summed E-state index contributed by atoms with van der Waals surface area (Å²) < 4.78 is 38.0. The molecule has 8 heteroatoms. The van der Waals surface area contributed by atoms with Crippen LogP contribution in [-0.4, -0.2) is 34.1 Å². The highest BCUT2D eigenvalue weighted by Gasteiger charge is 2.18. The molecule has 0 saturated heterocycles. The molecule has 1 amide bonds. The number of benzene rings is 2. The first-order valence-corrected chi connectivity index (χ1v) is 9.60. The number of nitrogens with one attached hydrogen (secondary N) is 2. The molecule has 0 radical (unpaired) electrons. The molecule has 0 aromatic heterocycles. The predicted octanol–water partition coefficient (Wildman–Crippen LogP) is 1.99. The molecule has 0 fully saturated rings. The van der Waals surface area contributed by atoms with E-state index in [1.165, 1.54) is 6.07 Å². The van der Waals surface area contributed by atoms with Crippen LogP contribution in [0.25, 0.3) is 0 Å². The van der Waals surface area contributed by atoms with Gasteiger partial charge in [-0.1, -0.05) is 17.7 Å². The number of ether oxygens (including phenoxy) is 2. The molecule has 1 aliphatic heterocycles. The minimum atomic E-state index is -3.76. The third-order valence-corrected chi connectivity index (χ3v) is 5.43. The number of fused-ring (bicyclic) bond motifs is 1. The van der Waals surface area contributed by atoms with Gasteiger partial charge < -0.3 is 14.8 Å². The van der Waals surface area contributed by atoms with Crippen molar-refractivity contribution in [2.45, 2.75) is 18.7 Å². The summed E-state index contributed by atoms with van der Waals surface area (Å²) in [6.45, 7) is 4.16. The standard InChI is InChI=1S/C18H20N2O5S/c1-12-3-6-17(13(2)9-12)26(22,23)19-11-18(21)20-14-4-5-15-16(10-14)25-8-7-24-15/h3-6,9-10,19H,7-8,11H2,1-2H3,(H,20,21). The summed E-state index contributed by atoms with van der Waals surface area (Å²) in [5, 5.41) is 2.64. The number of hydrogen-bond acceptors (Lipinski definition) is 5. The Kier molecular flexibility index (Phi) is 5.15. The molecule has 0 aliphatic carbocycles. The van der Waals surface area contributed by atoms with E-state index in [2.05, 4.69) is 10.0 Å². The van der Waals surface area contributed by atoms with Gasteiger partial charge in [0, 0.05) is 11.8 Å². The van der Waals surface area contributed by atoms with Crippen LogP contribution in [0.5, 0.6) is 11.5 Å². The van der Waals surface area contributed by atoms with Crippen molar-refractivity contribution in [3.8, 4) is 11.5 Å². The van der Waals surface area contributed by atoms with Crippen LogP contribution in [0.1, 0.15) is 11.1 Å². The zero-order valence-electron chi connectivity index (χ0n) is 14.5. The third-order valence-electron chi connectivity index (χ3n) is 3.87. The number of hydrogen-bond donors (Lipinski definition) is 2. The molecule has 0 bridgehead atoms. The van der Waals surface area contributed by atoms with E-state index < -0.39 is 15.9 Å². The van der Waals surface area contributed by atoms with E-state index in [0.717, 1.165) is 5.56 Å². The lowest BCUT2D eigenvalue weighted by Gasteiger charge is -2.19. The maximum Gasteiger partial charge on any atom is 0.241 e. The lowest BCUT2D eigenvalue weighted by atomic mass is 10.2. The van der Waals surface area contributed by atoms with E-state index in [1.54, 1.807) is 37.3 Å². The molecule has 1 heterocycles. The Balaban J connectivity index is 1.63. The summed E-state index contributed by atoms with van der Waals surface area (Å²) in [5.41, 5.74) is 2.10. The van der Waals surface area contributed by atoms with Crippen LogP contribution in [0.2, 0.25) is 0 Å². The van der Waals surface area contributed by atoms with E-state index in [4.69, 9.17) is 9.47 Å². The number of aryl methyl sites for hydroxylation is 2. The normalized spacial score (nSPS) is 13.3. The van der Waals surface area contributed by atoms with Gasteiger partial charge in [-0.2, -0.15) is 0 Å². The van der Waals surface area contributed by atoms with Crippen molar-refractivity contribution in [1.82, 2.24) is 4.72 Å². The van der Waals surface area contributed by atoms with E-state index in [9.17, 15) is 13.2 Å². The van der Waals surface area contributed by atoms with Crippen molar-refractivity contribution < 1.29 is 22.7 Å². The van der Waals surface area contributed by atoms with Crippen LogP contribution in [0, 0.1) is 13.8 Å². The second-order valence-electron chi connectivity index (χ2n) is 6.00. The maximum atomic E-state index is 12.4. The molecule has 3 rings (SSSR count). The first-order chi connectivity index (χ1) is 12.3. The predicted molar refractivity (Wildman–Crippen MR) is 97.2 cm³/mol. The summed E-state index contributed by atoms with van der Waals surface area (Å²) in [6.07, 6.45) is 0. The summed E-state index contributed by atoms with van der Waals surface area (Å²) in [6, 6.07) is 10.0. The molecule has 138 valence electrons. The van der Waals surface area contributed by atoms with Gasteiger partial charge in [0.1, 0.15) is 13.2 Å². The SMILES string of the molecule is Cc1ccc(S(=O)(=O)NCC(=O)Nc2ccc3c(c2)OCCO3)c(C)c1. The number of rotatable bonds is 5. The van der Waals surface area contributed by atoms with Crippen molar-refractivity contribution in [2.24, 2.45) is 0 Å². The van der Waals surface area contributed by atoms with Gasteiger partial charge in [-0.15, -0.1) is 0 Å². The summed E-state index contributed by atoms with van der Waals surface area (Å²) >= 11 is 0. The summed E-state index contributed by atoms with van der Waals surface area (Å²) in [4.78, 5) is 12.2. The van der Waals surface area contributed by atoms with Gasteiger partial charge in [0.15, 0.2) is 11.5 Å². The fourth-order valence-electron chi connectivity index (χ4n) is 2.67.